The number of nitrogens with two attached hydrogens (primary N) is 3. The number of aliphatic hydroxyl groups is 1. The summed E-state index contributed by atoms with van der Waals surface area (Å²) in [4.78, 5) is 220. The minimum atomic E-state index is -2.00. The van der Waals surface area contributed by atoms with Crippen molar-refractivity contribution in [1.82, 2.24) is 72.6 Å². The Kier molecular flexibility index (Phi) is 35.4. The van der Waals surface area contributed by atoms with E-state index in [-0.39, 0.29) is 168 Å². The molecule has 4 unspecified atom stereocenters. The summed E-state index contributed by atoms with van der Waals surface area (Å²) >= 11 is 2.67. The zero-order valence-corrected chi connectivity index (χ0v) is 69.3. The van der Waals surface area contributed by atoms with Gasteiger partial charge >= 0.3 is 23.9 Å². The van der Waals surface area contributed by atoms with Crippen molar-refractivity contribution in [1.29, 1.82) is 5.41 Å². The lowest BCUT2D eigenvalue weighted by Gasteiger charge is -2.36. The summed E-state index contributed by atoms with van der Waals surface area (Å²) in [6, 6.07) is -0.781. The predicted octanol–water partition coefficient (Wildman–Crippen LogP) is 1.76. The molecule has 42 heteroatoms. The lowest BCUT2D eigenvalue weighted by atomic mass is 9.90. The molecular formula is C79H107N19O21S2. The van der Waals surface area contributed by atoms with Crippen molar-refractivity contribution in [2.45, 2.75) is 221 Å². The molecule has 22 N–H and O–H groups in total. The van der Waals surface area contributed by atoms with E-state index in [0.29, 0.717) is 52.7 Å². The van der Waals surface area contributed by atoms with Crippen LogP contribution in [0, 0.1) is 17.2 Å². The van der Waals surface area contributed by atoms with Crippen molar-refractivity contribution >= 4 is 135 Å². The number of hydrogen-bond acceptors (Lipinski definition) is 27. The summed E-state index contributed by atoms with van der Waals surface area (Å²) < 4.78 is 5.96. The highest BCUT2D eigenvalue weighted by atomic mass is 32.2. The van der Waals surface area contributed by atoms with Crippen LogP contribution in [0.25, 0.3) is 33.4 Å². The zero-order chi connectivity index (χ0) is 88.5. The van der Waals surface area contributed by atoms with Crippen molar-refractivity contribution < 1.29 is 97.1 Å². The van der Waals surface area contributed by atoms with E-state index in [4.69, 9.17) is 27.0 Å². The van der Waals surface area contributed by atoms with Crippen molar-refractivity contribution in [3.8, 4) is 28.2 Å². The Morgan fingerprint density at radius 3 is 2.16 bits per heavy atom. The number of aliphatic carboxylic acids is 2. The molecule has 121 heavy (non-hydrogen) atoms. The number of nitrogens with zero attached hydrogens (tertiary/aromatic N) is 5. The van der Waals surface area contributed by atoms with Crippen molar-refractivity contribution in [2.24, 2.45) is 29.0 Å². The average molecular weight is 1720 g/mol. The molecule has 0 radical (unpaired) electrons. The Balaban J connectivity index is 0.976. The molecule has 5 heterocycles. The normalized spacial score (nSPS) is 17.4. The fraction of sp³-hybridized carbons (Fsp3) is 0.532. The van der Waals surface area contributed by atoms with Gasteiger partial charge in [-0.3, -0.25) is 67.8 Å². The van der Waals surface area contributed by atoms with E-state index in [9.17, 15) is 83.1 Å². The number of aliphatic hydroxyl groups excluding tert-OH is 1. The van der Waals surface area contributed by atoms with Gasteiger partial charge < -0.3 is 110 Å². The van der Waals surface area contributed by atoms with Crippen LogP contribution in [0.2, 0.25) is 0 Å². The van der Waals surface area contributed by atoms with Crippen molar-refractivity contribution in [2.75, 3.05) is 43.1 Å². The number of fused-ring (bicyclic) bond motifs is 3. The zero-order valence-electron chi connectivity index (χ0n) is 67.7. The number of carbonyl (C=O) groups is 14. The van der Waals surface area contributed by atoms with Gasteiger partial charge in [-0.25, -0.2) is 14.6 Å². The number of anilines is 2. The number of unbranched alkanes of at least 4 members (excludes halogenated alkanes) is 1. The van der Waals surface area contributed by atoms with Crippen LogP contribution in [0.5, 0.6) is 5.75 Å². The number of carboxylic acid groups (broad SMARTS) is 3. The van der Waals surface area contributed by atoms with Gasteiger partial charge in [-0.15, -0.1) is 0 Å². The number of likely N-dealkylation sites (tertiary alicyclic amines) is 1. The number of phenols is 1. The molecule has 1 aromatic heterocycles. The number of phenolic OH excluding ortho intramolecular Hbond substituents is 1. The van der Waals surface area contributed by atoms with Gasteiger partial charge in [0.1, 0.15) is 59.6 Å². The second kappa shape index (κ2) is 45.1. The summed E-state index contributed by atoms with van der Waals surface area (Å²) in [6.07, 6.45) is -1.80. The first kappa shape index (κ1) is 94.8. The molecule has 4 aliphatic heterocycles. The molecule has 3 aromatic rings. The molecule has 0 spiro atoms. The Hall–Kier alpha value is -11.6. The molecule has 2 aromatic carbocycles. The van der Waals surface area contributed by atoms with Crippen LogP contribution in [0.4, 0.5) is 16.4 Å². The SMILES string of the molecule is CC(C)C[C@@H](C=O)NC(=O)CNC(=O)[C@H](CC(C)C)NC(=O)[C@@H]1CCCN1C(=O)[C@H](CCC(=O)O)N(C(=O)CCCCC1SCC2NC(=O)NC21)C(=O)[C@H](CCCNC(=N)N)NC(=O)[C@H](CCC(=O)O)NC(=O)[C@H](C)NC(=O)[C@@H](N)CCCC(N)c1nc(Nc2ccc(-c3c4ccc(=O)cc-4oc4cc(O)ccc34)c(C(=O)O)c2)nc(SCCO)n1. The first-order valence-electron chi connectivity index (χ1n) is 40.0. The van der Waals surface area contributed by atoms with E-state index in [1.54, 1.807) is 43.8 Å². The molecule has 3 saturated heterocycles. The van der Waals surface area contributed by atoms with Gasteiger partial charge in [0.25, 0.3) is 5.91 Å². The molecule has 5 aliphatic rings. The molecule has 0 bridgehead atoms. The number of aromatic nitrogens is 3. The number of guanidine groups is 1. The number of urea groups is 1. The van der Waals surface area contributed by atoms with Crippen LogP contribution in [-0.4, -0.2) is 243 Å². The van der Waals surface area contributed by atoms with Crippen LogP contribution in [0.15, 0.2) is 69.0 Å². The number of nitrogens with one attached hydrogen (secondary N) is 11. The number of hydrogen-bond donors (Lipinski definition) is 19. The summed E-state index contributed by atoms with van der Waals surface area (Å²) in [7, 11) is 0. The third-order valence-corrected chi connectivity index (χ3v) is 22.7. The number of carbonyl (C=O) groups excluding carboxylic acids is 11. The third-order valence-electron chi connectivity index (χ3n) is 20.4. The first-order valence-corrected chi connectivity index (χ1v) is 42.0. The number of imide groups is 1. The maximum atomic E-state index is 15.7. The van der Waals surface area contributed by atoms with Gasteiger partial charge in [0.15, 0.2) is 22.4 Å². The van der Waals surface area contributed by atoms with Gasteiger partial charge in [0.2, 0.25) is 53.2 Å². The molecule has 40 nitrogen and oxygen atoms in total. The number of aromatic carboxylic acids is 1. The Bertz CT molecular complexity index is 4650. The molecule has 8 rings (SSSR count). The smallest absolute Gasteiger partial charge is 0.336 e. The van der Waals surface area contributed by atoms with Crippen LogP contribution < -0.4 is 75.8 Å². The maximum absolute atomic E-state index is 15.7. The van der Waals surface area contributed by atoms with Crippen LogP contribution in [-0.2, 0) is 57.5 Å². The number of carboxylic acids is 3. The molecule has 12 atom stereocenters. The van der Waals surface area contributed by atoms with Gasteiger partial charge in [-0.1, -0.05) is 51.9 Å². The molecule has 656 valence electrons. The molecular weight excluding hydrogens is 1620 g/mol. The van der Waals surface area contributed by atoms with E-state index >= 15 is 14.4 Å². The first-order chi connectivity index (χ1) is 57.5. The Labute approximate surface area is 704 Å². The van der Waals surface area contributed by atoms with Crippen molar-refractivity contribution in [3.63, 3.8) is 0 Å². The summed E-state index contributed by atoms with van der Waals surface area (Å²) in [5.74, 6) is -12.9. The largest absolute Gasteiger partial charge is 0.508 e. The van der Waals surface area contributed by atoms with Gasteiger partial charge in [0.05, 0.1) is 48.9 Å². The van der Waals surface area contributed by atoms with E-state index < -0.39 is 176 Å². The van der Waals surface area contributed by atoms with E-state index in [0.717, 1.165) is 16.7 Å². The number of rotatable bonds is 47. The number of aldehydes is 1. The van der Waals surface area contributed by atoms with Gasteiger partial charge in [-0.2, -0.15) is 21.7 Å². The highest BCUT2D eigenvalue weighted by Crippen LogP contribution is 2.43. The second-order valence-electron chi connectivity index (χ2n) is 30.7. The highest BCUT2D eigenvalue weighted by Gasteiger charge is 2.47. The molecule has 11 amide bonds. The van der Waals surface area contributed by atoms with Gasteiger partial charge in [-0.05, 0) is 144 Å². The lowest BCUT2D eigenvalue weighted by molar-refractivity contribution is -0.159. The number of benzene rings is 3. The van der Waals surface area contributed by atoms with Crippen molar-refractivity contribution in [3.05, 3.63) is 76.2 Å². The number of thioether (sulfide) groups is 2. The summed E-state index contributed by atoms with van der Waals surface area (Å²) in [5.41, 5.74) is 19.5. The average Bonchev–Trinajstić information content (AvgIpc) is 1.30. The van der Waals surface area contributed by atoms with E-state index in [2.05, 4.69) is 68.1 Å². The van der Waals surface area contributed by atoms with Crippen LogP contribution in [0.1, 0.15) is 166 Å². The lowest BCUT2D eigenvalue weighted by Crippen LogP contribution is -2.62. The highest BCUT2D eigenvalue weighted by molar-refractivity contribution is 8.00. The minimum Gasteiger partial charge on any atom is -0.508 e. The molecule has 3 fully saturated rings. The summed E-state index contributed by atoms with van der Waals surface area (Å²) in [6.45, 7) is 7.35. The standard InChI is InChI=1S/C79H107N19O21S2/c1-39(2)31-43(37-100)87-61(103)36-85-70(111)54(32-40(3)4)91-72(113)56-14-10-28-97(56)74(115)57(24-26-64(107)108)98(62(104)16-7-6-15-60-66-55(38-121-60)92-78(118)93-66)73(114)53(13-9-27-84-76(82)83)90-71(112)52(23-25-63(105)106)89-68(109)41(5)86-69(110)51(81)12-8-11-50(80)67-94-77(96-79(95-67)120-30-29-99)88-42-17-20-46(49(33-42)75(116)117)65-47-21-18-44(101)34-58(47)119-59-35-45(102)19-22-48(59)65/h17-22,33-35,37,39-41,43,50-57,60,66,99,101H,6-16,23-32,36,38,80-81H2,1-5H3,(H,85,111)(H,86,110)(H,87,103)(H,89,109)(H,90,112)(H,91,113)(H,105,106)(H,107,108)(H,116,117)(H4,82,83,84)(H2,92,93,118)(H,88,94,95,96)/t41-,43-,50?,51-,52-,53-,54-,55?,56-,57-,60?,66?/m0/s1. The monoisotopic (exact) mass is 1720 g/mol. The fourth-order valence-electron chi connectivity index (χ4n) is 14.5. The summed E-state index contributed by atoms with van der Waals surface area (Å²) in [5, 5.41) is 85.6. The quantitative estimate of drug-likeness (QED) is 0.00502. The maximum Gasteiger partial charge on any atom is 0.336 e. The second-order valence-corrected chi connectivity index (χ2v) is 33.1. The van der Waals surface area contributed by atoms with Crippen LogP contribution in [0.3, 0.4) is 0 Å². The minimum absolute atomic E-state index is 0.0180. The van der Waals surface area contributed by atoms with Crippen LogP contribution >= 0.6 is 23.5 Å². The topological polar surface area (TPSA) is 638 Å². The number of amides is 11. The Morgan fingerprint density at radius 2 is 1.46 bits per heavy atom. The third kappa shape index (κ3) is 27.4. The molecule has 0 saturated carbocycles. The Morgan fingerprint density at radius 1 is 0.744 bits per heavy atom. The molecule has 1 aliphatic carbocycles. The number of aromatic hydroxyl groups is 1. The van der Waals surface area contributed by atoms with E-state index in [1.807, 2.05) is 13.8 Å². The fourth-order valence-corrected chi connectivity index (χ4v) is 16.6. The van der Waals surface area contributed by atoms with Gasteiger partial charge in [0, 0.05) is 83.4 Å². The predicted molar refractivity (Wildman–Crippen MR) is 443 cm³/mol. The van der Waals surface area contributed by atoms with E-state index in [1.165, 1.54) is 43.3 Å².